The molecule has 2 fully saturated rings. The third-order valence-corrected chi connectivity index (χ3v) is 10.2. The van der Waals surface area contributed by atoms with Crippen LogP contribution in [0.5, 0.6) is 0 Å². The van der Waals surface area contributed by atoms with Crippen molar-refractivity contribution >= 4 is 11.9 Å². The summed E-state index contributed by atoms with van der Waals surface area (Å²) in [6.45, 7) is 12.6. The van der Waals surface area contributed by atoms with Gasteiger partial charge < -0.3 is 9.47 Å². The van der Waals surface area contributed by atoms with Crippen LogP contribution in [0.1, 0.15) is 106 Å². The Labute approximate surface area is 182 Å². The molecule has 0 N–H and O–H groups in total. The van der Waals surface area contributed by atoms with Crippen LogP contribution in [0.25, 0.3) is 0 Å². The Morgan fingerprint density at radius 2 is 1.67 bits per heavy atom. The van der Waals surface area contributed by atoms with Crippen LogP contribution < -0.4 is 0 Å². The number of esters is 2. The highest BCUT2D eigenvalue weighted by Crippen LogP contribution is 2.66. The molecule has 0 aromatic heterocycles. The van der Waals surface area contributed by atoms with Crippen molar-refractivity contribution in [3.05, 3.63) is 11.1 Å². The Morgan fingerprint density at radius 1 is 1.00 bits per heavy atom. The molecule has 1 saturated carbocycles. The maximum Gasteiger partial charge on any atom is 0.351 e. The molecular weight excluding hydrogens is 376 g/mol. The van der Waals surface area contributed by atoms with Crippen LogP contribution in [-0.4, -0.2) is 23.6 Å². The second kappa shape index (κ2) is 7.10. The number of carbonyl (C=O) groups is 2. The van der Waals surface area contributed by atoms with Gasteiger partial charge in [-0.25, -0.2) is 4.79 Å². The zero-order chi connectivity index (χ0) is 21.9. The lowest BCUT2D eigenvalue weighted by Crippen LogP contribution is -2.52. The summed E-state index contributed by atoms with van der Waals surface area (Å²) in [6, 6.07) is 0. The van der Waals surface area contributed by atoms with E-state index in [4.69, 9.17) is 9.47 Å². The summed E-state index contributed by atoms with van der Waals surface area (Å²) in [7, 11) is 0. The summed E-state index contributed by atoms with van der Waals surface area (Å²) in [4.78, 5) is 26.1. The van der Waals surface area contributed by atoms with E-state index < -0.39 is 16.4 Å². The first-order valence-electron chi connectivity index (χ1n) is 12.1. The highest BCUT2D eigenvalue weighted by atomic mass is 16.6. The van der Waals surface area contributed by atoms with Gasteiger partial charge in [0.05, 0.1) is 5.41 Å². The minimum atomic E-state index is -1.13. The van der Waals surface area contributed by atoms with E-state index in [-0.39, 0.29) is 23.5 Å². The molecule has 4 rings (SSSR count). The van der Waals surface area contributed by atoms with E-state index in [9.17, 15) is 9.59 Å². The van der Waals surface area contributed by atoms with Crippen LogP contribution in [0, 0.1) is 22.2 Å². The molecule has 3 aliphatic carbocycles. The van der Waals surface area contributed by atoms with Gasteiger partial charge in [-0.05, 0) is 71.1 Å². The number of hydrogen-bond donors (Lipinski definition) is 0. The molecule has 4 nitrogen and oxygen atoms in total. The van der Waals surface area contributed by atoms with Crippen LogP contribution in [-0.2, 0) is 19.1 Å². The first kappa shape index (κ1) is 21.9. The summed E-state index contributed by atoms with van der Waals surface area (Å²) in [5, 5.41) is 0. The maximum atomic E-state index is 13.5. The molecular formula is C26H40O4. The molecule has 168 valence electrons. The predicted octanol–water partition coefficient (Wildman–Crippen LogP) is 6.13. The maximum absolute atomic E-state index is 13.5. The highest BCUT2D eigenvalue weighted by Gasteiger charge is 2.76. The van der Waals surface area contributed by atoms with Crippen LogP contribution >= 0.6 is 0 Å². The van der Waals surface area contributed by atoms with Crippen molar-refractivity contribution in [2.24, 2.45) is 22.2 Å². The van der Waals surface area contributed by atoms with E-state index >= 15 is 0 Å². The van der Waals surface area contributed by atoms with Gasteiger partial charge >= 0.3 is 11.9 Å². The van der Waals surface area contributed by atoms with Crippen molar-refractivity contribution in [1.29, 1.82) is 0 Å². The van der Waals surface area contributed by atoms with Gasteiger partial charge in [-0.1, -0.05) is 51.7 Å². The van der Waals surface area contributed by atoms with Gasteiger partial charge in [0.2, 0.25) is 5.60 Å². The molecule has 0 aromatic carbocycles. The number of ether oxygens (including phenoxy) is 2. The van der Waals surface area contributed by atoms with Crippen molar-refractivity contribution in [3.8, 4) is 0 Å². The molecule has 0 amide bonds. The van der Waals surface area contributed by atoms with Gasteiger partial charge in [-0.15, -0.1) is 0 Å². The van der Waals surface area contributed by atoms with E-state index in [1.807, 2.05) is 20.8 Å². The largest absolute Gasteiger partial charge is 0.459 e. The zero-order valence-electron chi connectivity index (χ0n) is 19.9. The zero-order valence-corrected chi connectivity index (χ0v) is 19.9. The summed E-state index contributed by atoms with van der Waals surface area (Å²) in [5.41, 5.74) is 0.933. The molecule has 30 heavy (non-hydrogen) atoms. The molecule has 1 aliphatic heterocycles. The van der Waals surface area contributed by atoms with Crippen molar-refractivity contribution < 1.29 is 19.1 Å². The fourth-order valence-electron chi connectivity index (χ4n) is 6.84. The lowest BCUT2D eigenvalue weighted by atomic mass is 9.61. The minimum absolute atomic E-state index is 0.0843. The van der Waals surface area contributed by atoms with Crippen molar-refractivity contribution in [3.63, 3.8) is 0 Å². The van der Waals surface area contributed by atoms with Crippen molar-refractivity contribution in [2.45, 2.75) is 117 Å². The van der Waals surface area contributed by atoms with Crippen LogP contribution in [0.15, 0.2) is 11.1 Å². The quantitative estimate of drug-likeness (QED) is 0.410. The highest BCUT2D eigenvalue weighted by molar-refractivity contribution is 5.93. The average molecular weight is 417 g/mol. The molecule has 0 aromatic rings. The van der Waals surface area contributed by atoms with Gasteiger partial charge in [0.1, 0.15) is 6.10 Å². The van der Waals surface area contributed by atoms with Gasteiger partial charge in [0.25, 0.3) is 0 Å². The van der Waals surface area contributed by atoms with Gasteiger partial charge in [-0.3, -0.25) is 4.79 Å². The van der Waals surface area contributed by atoms with Crippen LogP contribution in [0.4, 0.5) is 0 Å². The van der Waals surface area contributed by atoms with Gasteiger partial charge in [-0.2, -0.15) is 0 Å². The lowest BCUT2D eigenvalue weighted by Gasteiger charge is -2.47. The number of fused-ring (bicyclic) bond motifs is 2. The molecule has 5 atom stereocenters. The second-order valence-corrected chi connectivity index (χ2v) is 11.5. The summed E-state index contributed by atoms with van der Waals surface area (Å²) >= 11 is 0. The Balaban J connectivity index is 1.55. The molecule has 0 unspecified atom stereocenters. The standard InChI is InChI=1S/C26H40O4/c1-17-20-12-10-8-7-9-11-19(20)13-14-24(17,5)18(2)29-22(28)26-16-15-25(6,21(27)30-26)23(26,3)4/h17-18H,7-16H2,1-6H3/t17-,18-,24+,25+,26-/m1/s1. The van der Waals surface area contributed by atoms with E-state index in [1.165, 1.54) is 38.5 Å². The Bertz CT molecular complexity index is 780. The van der Waals surface area contributed by atoms with E-state index in [0.717, 1.165) is 12.8 Å². The molecule has 4 aliphatic rings. The fourth-order valence-corrected chi connectivity index (χ4v) is 6.84. The average Bonchev–Trinajstić information content (AvgIpc) is 2.96. The van der Waals surface area contributed by atoms with Crippen LogP contribution in [0.2, 0.25) is 0 Å². The van der Waals surface area contributed by atoms with E-state index in [2.05, 4.69) is 20.8 Å². The Hall–Kier alpha value is -1.32. The topological polar surface area (TPSA) is 52.6 Å². The number of rotatable bonds is 3. The number of allylic oxidation sites excluding steroid dienone is 2. The van der Waals surface area contributed by atoms with Crippen molar-refractivity contribution in [2.75, 3.05) is 0 Å². The molecule has 0 spiro atoms. The number of carbonyl (C=O) groups excluding carboxylic acids is 2. The molecule has 1 saturated heterocycles. The minimum Gasteiger partial charge on any atom is -0.459 e. The van der Waals surface area contributed by atoms with Gasteiger partial charge in [0.15, 0.2) is 0 Å². The molecule has 0 radical (unpaired) electrons. The van der Waals surface area contributed by atoms with Crippen molar-refractivity contribution in [1.82, 2.24) is 0 Å². The van der Waals surface area contributed by atoms with Gasteiger partial charge in [0, 0.05) is 10.8 Å². The monoisotopic (exact) mass is 416 g/mol. The summed E-state index contributed by atoms with van der Waals surface area (Å²) in [6.07, 6.45) is 10.9. The smallest absolute Gasteiger partial charge is 0.351 e. The first-order chi connectivity index (χ1) is 14.0. The lowest BCUT2D eigenvalue weighted by molar-refractivity contribution is -0.192. The van der Waals surface area contributed by atoms with E-state index in [0.29, 0.717) is 18.8 Å². The third-order valence-electron chi connectivity index (χ3n) is 10.2. The first-order valence-corrected chi connectivity index (χ1v) is 12.1. The summed E-state index contributed by atoms with van der Waals surface area (Å²) < 4.78 is 12.0. The molecule has 2 bridgehead atoms. The second-order valence-electron chi connectivity index (χ2n) is 11.5. The third kappa shape index (κ3) is 2.77. The normalized spacial score (nSPS) is 41.5. The molecule has 4 heteroatoms. The van der Waals surface area contributed by atoms with E-state index in [1.54, 1.807) is 11.1 Å². The number of hydrogen-bond acceptors (Lipinski definition) is 4. The summed E-state index contributed by atoms with van der Waals surface area (Å²) in [5.74, 6) is -0.169. The SMILES string of the molecule is C[C@@H]1C2=C(CCCCCC2)CC[C@]1(C)[C@@H](C)OC(=O)[C@@]12CC[C@@](C)(C(=O)O1)C2(C)C. The molecule has 1 heterocycles. The van der Waals surface area contributed by atoms with Crippen LogP contribution in [0.3, 0.4) is 0 Å². The fraction of sp³-hybridized carbons (Fsp3) is 0.846. The Morgan fingerprint density at radius 3 is 2.27 bits per heavy atom. The Kier molecular flexibility index (Phi) is 5.18. The predicted molar refractivity (Wildman–Crippen MR) is 117 cm³/mol.